The molecule has 246 valence electrons. The van der Waals surface area contributed by atoms with Crippen molar-refractivity contribution in [1.82, 2.24) is 35.1 Å². The van der Waals surface area contributed by atoms with Gasteiger partial charge >= 0.3 is 0 Å². The van der Waals surface area contributed by atoms with Gasteiger partial charge in [-0.15, -0.1) is 0 Å². The number of aromatic amines is 1. The average molecular weight is 638 g/mol. The predicted molar refractivity (Wildman–Crippen MR) is 183 cm³/mol. The Kier molecular flexibility index (Phi) is 9.90. The Morgan fingerprint density at radius 1 is 1.09 bits per heavy atom. The summed E-state index contributed by atoms with van der Waals surface area (Å²) in [6, 6.07) is 13.6. The number of likely N-dealkylation sites (tertiary alicyclic amines) is 1. The number of morpholine rings is 1. The molecule has 2 aliphatic heterocycles. The molecule has 0 saturated carbocycles. The van der Waals surface area contributed by atoms with Crippen molar-refractivity contribution in [3.63, 3.8) is 0 Å². The number of likely N-dealkylation sites (N-methyl/N-ethyl adjacent to an activating group) is 1. The molecular formula is C35H43N9O3. The number of nitrogens with one attached hydrogen (secondary N) is 3. The summed E-state index contributed by atoms with van der Waals surface area (Å²) in [4.78, 5) is 49.2. The van der Waals surface area contributed by atoms with Gasteiger partial charge in [-0.3, -0.25) is 19.5 Å². The highest BCUT2D eigenvalue weighted by atomic mass is 16.5. The molecule has 1 aromatic carbocycles. The number of pyridine rings is 1. The molecule has 0 unspecified atom stereocenters. The van der Waals surface area contributed by atoms with Gasteiger partial charge in [0.15, 0.2) is 0 Å². The van der Waals surface area contributed by atoms with Crippen molar-refractivity contribution in [3.8, 4) is 11.3 Å². The van der Waals surface area contributed by atoms with Crippen LogP contribution in [0.1, 0.15) is 35.8 Å². The second-order valence-corrected chi connectivity index (χ2v) is 12.5. The number of nitrogens with zero attached hydrogens (tertiary/aromatic N) is 6. The number of piperidine rings is 1. The lowest BCUT2D eigenvalue weighted by molar-refractivity contribution is -0.119. The summed E-state index contributed by atoms with van der Waals surface area (Å²) in [5.41, 5.74) is 5.28. The third-order valence-corrected chi connectivity index (χ3v) is 9.04. The van der Waals surface area contributed by atoms with Crippen LogP contribution in [0.5, 0.6) is 0 Å². The number of fused-ring (bicyclic) bond motifs is 1. The number of carbonyl (C=O) groups is 2. The van der Waals surface area contributed by atoms with Gasteiger partial charge in [0, 0.05) is 61.4 Å². The fraction of sp³-hybridized carbons (Fsp3) is 0.400. The van der Waals surface area contributed by atoms with E-state index in [1.165, 1.54) is 0 Å². The van der Waals surface area contributed by atoms with Crippen molar-refractivity contribution in [2.75, 3.05) is 63.7 Å². The van der Waals surface area contributed by atoms with Crippen LogP contribution in [0.4, 0.5) is 11.5 Å². The van der Waals surface area contributed by atoms with Crippen molar-refractivity contribution in [2.24, 2.45) is 0 Å². The summed E-state index contributed by atoms with van der Waals surface area (Å²) >= 11 is 0. The molecule has 2 amide bonds. The zero-order valence-electron chi connectivity index (χ0n) is 27.3. The van der Waals surface area contributed by atoms with E-state index in [2.05, 4.69) is 53.0 Å². The number of aromatic nitrogens is 4. The Morgan fingerprint density at radius 3 is 2.64 bits per heavy atom. The van der Waals surface area contributed by atoms with Gasteiger partial charge in [-0.1, -0.05) is 18.7 Å². The molecule has 3 aromatic heterocycles. The molecule has 5 heterocycles. The summed E-state index contributed by atoms with van der Waals surface area (Å²) in [7, 11) is 3.88. The minimum atomic E-state index is -0.270. The number of hydrogen-bond donors (Lipinski definition) is 3. The predicted octanol–water partition coefficient (Wildman–Crippen LogP) is 3.70. The number of H-pyrrole nitrogens is 1. The largest absolute Gasteiger partial charge is 0.378 e. The van der Waals surface area contributed by atoms with E-state index in [-0.39, 0.29) is 23.9 Å². The molecule has 0 radical (unpaired) electrons. The van der Waals surface area contributed by atoms with Gasteiger partial charge in [-0.05, 0) is 81.9 Å². The first-order valence-electron chi connectivity index (χ1n) is 16.2. The third-order valence-electron chi connectivity index (χ3n) is 9.04. The van der Waals surface area contributed by atoms with E-state index in [9.17, 15) is 9.59 Å². The average Bonchev–Trinajstić information content (AvgIpc) is 3.53. The first-order chi connectivity index (χ1) is 22.7. The zero-order valence-corrected chi connectivity index (χ0v) is 27.3. The van der Waals surface area contributed by atoms with E-state index >= 15 is 0 Å². The third kappa shape index (κ3) is 7.67. The first kappa shape index (κ1) is 32.3. The lowest BCUT2D eigenvalue weighted by Gasteiger charge is -2.34. The Hall–Kier alpha value is -4.65. The molecule has 0 spiro atoms. The molecular weight excluding hydrogens is 594 g/mol. The fourth-order valence-corrected chi connectivity index (χ4v) is 6.09. The summed E-state index contributed by atoms with van der Waals surface area (Å²) in [6.07, 6.45) is 5.17. The van der Waals surface area contributed by atoms with Gasteiger partial charge in [0.25, 0.3) is 5.91 Å². The summed E-state index contributed by atoms with van der Waals surface area (Å²) < 4.78 is 5.50. The molecule has 12 nitrogen and oxygen atoms in total. The SMILES string of the molecule is C=C(C(=O)N[C@@H]1CCCN(Cc2ccnc(C(=O)Nc3ccc(-c4cc5c(N6CCOCC6)ncnc5[nH]4)cc3)c2)C1)[C@@H](C)N(C)C. The quantitative estimate of drug-likeness (QED) is 0.223. The molecule has 6 rings (SSSR count). The minimum absolute atomic E-state index is 0.0295. The maximum atomic E-state index is 13.2. The Balaban J connectivity index is 1.06. The number of benzene rings is 1. The lowest BCUT2D eigenvalue weighted by Crippen LogP contribution is -2.48. The molecule has 2 fully saturated rings. The number of rotatable bonds is 10. The Morgan fingerprint density at radius 2 is 1.87 bits per heavy atom. The topological polar surface area (TPSA) is 132 Å². The smallest absolute Gasteiger partial charge is 0.274 e. The van der Waals surface area contributed by atoms with Crippen LogP contribution >= 0.6 is 0 Å². The van der Waals surface area contributed by atoms with Crippen molar-refractivity contribution >= 4 is 34.4 Å². The van der Waals surface area contributed by atoms with Crippen LogP contribution in [0, 0.1) is 0 Å². The lowest BCUT2D eigenvalue weighted by atomic mass is 10.0. The molecule has 12 heteroatoms. The maximum Gasteiger partial charge on any atom is 0.274 e. The van der Waals surface area contributed by atoms with E-state index in [1.807, 2.05) is 62.3 Å². The highest BCUT2D eigenvalue weighted by Crippen LogP contribution is 2.30. The molecule has 2 atom stereocenters. The highest BCUT2D eigenvalue weighted by Gasteiger charge is 2.25. The zero-order chi connectivity index (χ0) is 32.9. The van der Waals surface area contributed by atoms with Crippen LogP contribution in [0.15, 0.2) is 67.1 Å². The van der Waals surface area contributed by atoms with Crippen LogP contribution in [0.3, 0.4) is 0 Å². The van der Waals surface area contributed by atoms with Crippen LogP contribution in [-0.4, -0.2) is 107 Å². The van der Waals surface area contributed by atoms with Crippen LogP contribution < -0.4 is 15.5 Å². The van der Waals surface area contributed by atoms with Gasteiger partial charge in [0.2, 0.25) is 5.91 Å². The number of ether oxygens (including phenoxy) is 1. The van der Waals surface area contributed by atoms with Crippen molar-refractivity contribution < 1.29 is 14.3 Å². The number of anilines is 2. The van der Waals surface area contributed by atoms with Gasteiger partial charge in [-0.2, -0.15) is 0 Å². The minimum Gasteiger partial charge on any atom is -0.378 e. The molecule has 47 heavy (non-hydrogen) atoms. The van der Waals surface area contributed by atoms with E-state index < -0.39 is 0 Å². The van der Waals surface area contributed by atoms with Gasteiger partial charge in [-0.25, -0.2) is 9.97 Å². The number of carbonyl (C=O) groups excluding carboxylic acids is 2. The normalized spacial score (nSPS) is 17.9. The fourth-order valence-electron chi connectivity index (χ4n) is 6.09. The maximum absolute atomic E-state index is 13.2. The van der Waals surface area contributed by atoms with Gasteiger partial charge in [0.1, 0.15) is 23.5 Å². The highest BCUT2D eigenvalue weighted by molar-refractivity contribution is 6.03. The van der Waals surface area contributed by atoms with Crippen molar-refractivity contribution in [3.05, 3.63) is 78.4 Å². The molecule has 2 aliphatic rings. The monoisotopic (exact) mass is 637 g/mol. The van der Waals surface area contributed by atoms with Crippen molar-refractivity contribution in [2.45, 2.75) is 38.4 Å². The summed E-state index contributed by atoms with van der Waals surface area (Å²) in [5, 5.41) is 7.11. The Labute approximate surface area is 275 Å². The molecule has 0 aliphatic carbocycles. The second kappa shape index (κ2) is 14.4. The van der Waals surface area contributed by atoms with Crippen LogP contribution in [0.25, 0.3) is 22.3 Å². The van der Waals surface area contributed by atoms with Crippen LogP contribution in [-0.2, 0) is 16.1 Å². The van der Waals surface area contributed by atoms with Gasteiger partial charge < -0.3 is 30.2 Å². The second-order valence-electron chi connectivity index (χ2n) is 12.5. The summed E-state index contributed by atoms with van der Waals surface area (Å²) in [5.74, 6) is 0.540. The molecule has 2 saturated heterocycles. The Bertz CT molecular complexity index is 1730. The first-order valence-corrected chi connectivity index (χ1v) is 16.2. The standard InChI is InChI=1S/C35H43N9O3/c1-23(24(2)42(3)4)34(45)40-28-6-5-13-43(21-28)20-25-11-12-36-31(18-25)35(46)39-27-9-7-26(8-10-27)30-19-29-32(41-30)37-22-38-33(29)44-14-16-47-17-15-44/h7-12,18-19,22,24,28H,1,5-6,13-17,20-21H2,2-4H3,(H,39,46)(H,40,45)(H,37,38,41)/t24-,28-/m1/s1. The van der Waals surface area contributed by atoms with Crippen LogP contribution in [0.2, 0.25) is 0 Å². The van der Waals surface area contributed by atoms with E-state index in [1.54, 1.807) is 12.5 Å². The molecule has 0 bridgehead atoms. The molecule has 3 N–H and O–H groups in total. The number of amides is 2. The van der Waals surface area contributed by atoms with E-state index in [0.29, 0.717) is 36.7 Å². The number of hydrogen-bond acceptors (Lipinski definition) is 9. The van der Waals surface area contributed by atoms with E-state index in [0.717, 1.165) is 72.7 Å². The molecule has 4 aromatic rings. The summed E-state index contributed by atoms with van der Waals surface area (Å²) in [6.45, 7) is 11.3. The van der Waals surface area contributed by atoms with E-state index in [4.69, 9.17) is 4.74 Å². The van der Waals surface area contributed by atoms with Gasteiger partial charge in [0.05, 0.1) is 18.6 Å². The van der Waals surface area contributed by atoms with Crippen molar-refractivity contribution in [1.29, 1.82) is 0 Å².